The van der Waals surface area contributed by atoms with Crippen LogP contribution in [0, 0.1) is 5.82 Å². The summed E-state index contributed by atoms with van der Waals surface area (Å²) >= 11 is 9.01. The molecule has 0 N–H and O–H groups in total. The van der Waals surface area contributed by atoms with Gasteiger partial charge in [0.1, 0.15) is 17.3 Å². The third-order valence-electron chi connectivity index (χ3n) is 2.12. The van der Waals surface area contributed by atoms with Gasteiger partial charge >= 0.3 is 0 Å². The van der Waals surface area contributed by atoms with Crippen LogP contribution in [0.3, 0.4) is 0 Å². The largest absolute Gasteiger partial charge is 0.456 e. The van der Waals surface area contributed by atoms with Crippen LogP contribution in [0.25, 0.3) is 0 Å². The number of aromatic nitrogens is 1. The molecule has 0 amide bonds. The molecule has 0 unspecified atom stereocenters. The number of nitrogens with zero attached hydrogens (tertiary/aromatic N) is 1. The van der Waals surface area contributed by atoms with Gasteiger partial charge in [-0.3, -0.25) is 4.98 Å². The highest BCUT2D eigenvalue weighted by molar-refractivity contribution is 9.10. The van der Waals surface area contributed by atoms with Crippen LogP contribution in [-0.4, -0.2) is 4.98 Å². The summed E-state index contributed by atoms with van der Waals surface area (Å²) in [4.78, 5) is 3.96. The minimum Gasteiger partial charge on any atom is -0.456 e. The van der Waals surface area contributed by atoms with Crippen molar-refractivity contribution >= 4 is 27.5 Å². The van der Waals surface area contributed by atoms with E-state index in [-0.39, 0.29) is 5.82 Å². The molecule has 5 heteroatoms. The van der Waals surface area contributed by atoms with Crippen molar-refractivity contribution in [2.24, 2.45) is 0 Å². The van der Waals surface area contributed by atoms with Crippen LogP contribution < -0.4 is 4.74 Å². The molecule has 2 rings (SSSR count). The van der Waals surface area contributed by atoms with E-state index in [1.54, 1.807) is 24.5 Å². The molecule has 88 valence electrons. The Labute approximate surface area is 112 Å². The van der Waals surface area contributed by atoms with Crippen molar-refractivity contribution in [2.45, 2.75) is 5.88 Å². The molecule has 0 aliphatic heterocycles. The topological polar surface area (TPSA) is 22.1 Å². The third-order valence-corrected chi connectivity index (χ3v) is 3.02. The zero-order chi connectivity index (χ0) is 12.3. The Bertz CT molecular complexity index is 536. The van der Waals surface area contributed by atoms with E-state index in [1.807, 2.05) is 0 Å². The van der Waals surface area contributed by atoms with Crippen molar-refractivity contribution in [3.8, 4) is 11.5 Å². The van der Waals surface area contributed by atoms with Crippen LogP contribution in [-0.2, 0) is 5.88 Å². The Morgan fingerprint density at radius 1 is 1.29 bits per heavy atom. The maximum atomic E-state index is 12.9. The molecule has 1 aromatic carbocycles. The van der Waals surface area contributed by atoms with Crippen LogP contribution in [0.2, 0.25) is 0 Å². The van der Waals surface area contributed by atoms with E-state index in [9.17, 15) is 4.39 Å². The molecule has 0 spiro atoms. The van der Waals surface area contributed by atoms with Crippen molar-refractivity contribution in [1.29, 1.82) is 0 Å². The highest BCUT2D eigenvalue weighted by atomic mass is 79.9. The van der Waals surface area contributed by atoms with Crippen LogP contribution >= 0.6 is 27.5 Å². The lowest BCUT2D eigenvalue weighted by atomic mass is 10.3. The van der Waals surface area contributed by atoms with E-state index >= 15 is 0 Å². The molecule has 0 fully saturated rings. The number of pyridine rings is 1. The van der Waals surface area contributed by atoms with E-state index in [2.05, 4.69) is 20.9 Å². The van der Waals surface area contributed by atoms with Crippen molar-refractivity contribution in [2.75, 3.05) is 0 Å². The Balaban J connectivity index is 2.31. The van der Waals surface area contributed by atoms with E-state index < -0.39 is 0 Å². The number of benzene rings is 1. The lowest BCUT2D eigenvalue weighted by Gasteiger charge is -2.10. The number of halogens is 3. The summed E-state index contributed by atoms with van der Waals surface area (Å²) in [6.45, 7) is 0. The summed E-state index contributed by atoms with van der Waals surface area (Å²) in [6, 6.07) is 5.95. The number of ether oxygens (including phenoxy) is 1. The summed E-state index contributed by atoms with van der Waals surface area (Å²) in [6.07, 6.45) is 3.25. The van der Waals surface area contributed by atoms with Crippen LogP contribution in [0.5, 0.6) is 11.5 Å². The number of alkyl halides is 1. The summed E-state index contributed by atoms with van der Waals surface area (Å²) in [5, 5.41) is 0. The lowest BCUT2D eigenvalue weighted by molar-refractivity contribution is 0.472. The molecule has 0 aliphatic rings. The lowest BCUT2D eigenvalue weighted by Crippen LogP contribution is -1.91. The second-order valence-electron chi connectivity index (χ2n) is 3.29. The molecule has 1 heterocycles. The monoisotopic (exact) mass is 315 g/mol. The molecule has 2 nitrogen and oxygen atoms in total. The van der Waals surface area contributed by atoms with Crippen LogP contribution in [0.1, 0.15) is 5.56 Å². The molecule has 1 aromatic heterocycles. The van der Waals surface area contributed by atoms with Gasteiger partial charge in [-0.1, -0.05) is 0 Å². The average Bonchev–Trinajstić information content (AvgIpc) is 2.33. The quantitative estimate of drug-likeness (QED) is 0.777. The first-order valence-electron chi connectivity index (χ1n) is 4.82. The second kappa shape index (κ2) is 5.47. The average molecular weight is 317 g/mol. The molecule has 0 radical (unpaired) electrons. The Hall–Kier alpha value is -1.13. The van der Waals surface area contributed by atoms with Crippen LogP contribution in [0.4, 0.5) is 4.39 Å². The number of rotatable bonds is 3. The standard InChI is InChI=1S/C12H8BrClFNO/c13-10-5-9(15)1-2-12(10)17-11-3-4-16-7-8(11)6-14/h1-5,7H,6H2. The van der Waals surface area contributed by atoms with E-state index in [0.29, 0.717) is 21.9 Å². The van der Waals surface area contributed by atoms with Crippen LogP contribution in [0.15, 0.2) is 41.1 Å². The molecule has 0 saturated carbocycles. The fraction of sp³-hybridized carbons (Fsp3) is 0.0833. The minimum absolute atomic E-state index is 0.308. The van der Waals surface area contributed by atoms with Gasteiger partial charge in [0.15, 0.2) is 0 Å². The highest BCUT2D eigenvalue weighted by Crippen LogP contribution is 2.31. The van der Waals surface area contributed by atoms with E-state index in [4.69, 9.17) is 16.3 Å². The molecular weight excluding hydrogens is 308 g/mol. The van der Waals surface area contributed by atoms with Gasteiger partial charge in [-0.2, -0.15) is 0 Å². The first kappa shape index (κ1) is 12.3. The number of hydrogen-bond acceptors (Lipinski definition) is 2. The predicted molar refractivity (Wildman–Crippen MR) is 68.0 cm³/mol. The Kier molecular flexibility index (Phi) is 3.97. The zero-order valence-corrected chi connectivity index (χ0v) is 11.0. The van der Waals surface area contributed by atoms with Gasteiger partial charge in [0.2, 0.25) is 0 Å². The summed E-state index contributed by atoms with van der Waals surface area (Å²) in [5.41, 5.74) is 0.783. The smallest absolute Gasteiger partial charge is 0.141 e. The van der Waals surface area contributed by atoms with Gasteiger partial charge in [0.25, 0.3) is 0 Å². The SMILES string of the molecule is Fc1ccc(Oc2ccncc2CCl)c(Br)c1. The normalized spacial score (nSPS) is 10.3. The Morgan fingerprint density at radius 2 is 2.12 bits per heavy atom. The maximum absolute atomic E-state index is 12.9. The van der Waals surface area contributed by atoms with E-state index in [0.717, 1.165) is 5.56 Å². The molecule has 0 aliphatic carbocycles. The predicted octanol–water partition coefficient (Wildman–Crippen LogP) is 4.51. The zero-order valence-electron chi connectivity index (χ0n) is 8.66. The maximum Gasteiger partial charge on any atom is 0.141 e. The summed E-state index contributed by atoms with van der Waals surface area (Å²) in [5.74, 6) is 1.13. The Morgan fingerprint density at radius 3 is 2.82 bits per heavy atom. The molecule has 0 atom stereocenters. The van der Waals surface area contributed by atoms with Gasteiger partial charge in [0, 0.05) is 18.0 Å². The van der Waals surface area contributed by atoms with Gasteiger partial charge < -0.3 is 4.74 Å². The highest BCUT2D eigenvalue weighted by Gasteiger charge is 2.07. The van der Waals surface area contributed by atoms with Gasteiger partial charge in [-0.05, 0) is 40.2 Å². The van der Waals surface area contributed by atoms with Gasteiger partial charge in [-0.25, -0.2) is 4.39 Å². The summed E-state index contributed by atoms with van der Waals surface area (Å²) < 4.78 is 19.1. The van der Waals surface area contributed by atoms with Crippen molar-refractivity contribution in [3.63, 3.8) is 0 Å². The fourth-order valence-electron chi connectivity index (χ4n) is 1.29. The minimum atomic E-state index is -0.323. The van der Waals surface area contributed by atoms with Gasteiger partial charge in [-0.15, -0.1) is 11.6 Å². The molecule has 2 aromatic rings. The van der Waals surface area contributed by atoms with Crippen molar-refractivity contribution in [1.82, 2.24) is 4.98 Å². The molecular formula is C12H8BrClFNO. The van der Waals surface area contributed by atoms with Crippen molar-refractivity contribution in [3.05, 3.63) is 52.5 Å². The van der Waals surface area contributed by atoms with E-state index in [1.165, 1.54) is 12.1 Å². The molecule has 17 heavy (non-hydrogen) atoms. The fourth-order valence-corrected chi connectivity index (χ4v) is 1.92. The molecule has 0 saturated heterocycles. The second-order valence-corrected chi connectivity index (χ2v) is 4.42. The number of hydrogen-bond donors (Lipinski definition) is 0. The first-order chi connectivity index (χ1) is 8.20. The third kappa shape index (κ3) is 2.96. The van der Waals surface area contributed by atoms with Crippen molar-refractivity contribution < 1.29 is 9.13 Å². The van der Waals surface area contributed by atoms with Gasteiger partial charge in [0.05, 0.1) is 10.4 Å². The first-order valence-corrected chi connectivity index (χ1v) is 6.15. The molecule has 0 bridgehead atoms. The summed E-state index contributed by atoms with van der Waals surface area (Å²) in [7, 11) is 0.